The number of nitrogens with zero attached hydrogens (tertiary/aromatic N) is 5. The number of ether oxygens (including phenoxy) is 1. The first-order valence-electron chi connectivity index (χ1n) is 7.50. The number of aromatic nitrogens is 2. The van der Waals surface area contributed by atoms with E-state index in [1.54, 1.807) is 18.1 Å². The van der Waals surface area contributed by atoms with Gasteiger partial charge >= 0.3 is 6.09 Å². The van der Waals surface area contributed by atoms with E-state index < -0.39 is 0 Å². The molecule has 0 aromatic carbocycles. The second-order valence-corrected chi connectivity index (χ2v) is 5.02. The van der Waals surface area contributed by atoms with Crippen molar-refractivity contribution in [2.24, 2.45) is 12.0 Å². The third-order valence-corrected chi connectivity index (χ3v) is 3.67. The van der Waals surface area contributed by atoms with Gasteiger partial charge in [0.15, 0.2) is 5.96 Å². The van der Waals surface area contributed by atoms with Crippen LogP contribution in [0.5, 0.6) is 0 Å². The molecule has 0 aliphatic carbocycles. The number of rotatable bonds is 3. The summed E-state index contributed by atoms with van der Waals surface area (Å²) in [7, 11) is 3.68. The number of carbonyl (C=O) groups excluding carboxylic acids is 1. The predicted octanol–water partition coefficient (Wildman–Crippen LogP) is 0.888. The van der Waals surface area contributed by atoms with E-state index in [1.165, 1.54) is 0 Å². The lowest BCUT2D eigenvalue weighted by atomic mass is 10.3. The van der Waals surface area contributed by atoms with Crippen LogP contribution in [0.2, 0.25) is 0 Å². The molecule has 0 saturated carbocycles. The minimum Gasteiger partial charge on any atom is -0.450 e. The van der Waals surface area contributed by atoms with Gasteiger partial charge in [-0.25, -0.2) is 4.79 Å². The fourth-order valence-corrected chi connectivity index (χ4v) is 2.39. The van der Waals surface area contributed by atoms with Crippen molar-refractivity contribution in [3.05, 3.63) is 18.0 Å². The number of nitrogens with one attached hydrogen (secondary N) is 1. The number of aryl methyl sites for hydroxylation is 1. The van der Waals surface area contributed by atoms with E-state index in [0.29, 0.717) is 26.2 Å². The van der Waals surface area contributed by atoms with Gasteiger partial charge < -0.3 is 19.9 Å². The molecule has 0 radical (unpaired) electrons. The first-order chi connectivity index (χ1) is 10.7. The van der Waals surface area contributed by atoms with E-state index in [4.69, 9.17) is 4.74 Å². The van der Waals surface area contributed by atoms with E-state index in [9.17, 15) is 4.79 Å². The van der Waals surface area contributed by atoms with Gasteiger partial charge in [0.1, 0.15) is 0 Å². The lowest BCUT2D eigenvalue weighted by Crippen LogP contribution is -2.53. The van der Waals surface area contributed by atoms with Crippen LogP contribution in [0.25, 0.3) is 0 Å². The van der Waals surface area contributed by atoms with Crippen molar-refractivity contribution in [1.82, 2.24) is 24.9 Å². The first-order valence-corrected chi connectivity index (χ1v) is 7.50. The Kier molecular flexibility index (Phi) is 8.13. The van der Waals surface area contributed by atoms with Crippen LogP contribution in [-0.2, 0) is 18.3 Å². The summed E-state index contributed by atoms with van der Waals surface area (Å²) in [6.45, 7) is 5.66. The molecule has 0 spiro atoms. The second-order valence-electron chi connectivity index (χ2n) is 5.02. The van der Waals surface area contributed by atoms with Crippen LogP contribution in [0.4, 0.5) is 4.79 Å². The maximum atomic E-state index is 11.7. The Hall–Kier alpha value is -1.52. The summed E-state index contributed by atoms with van der Waals surface area (Å²) in [4.78, 5) is 19.9. The number of hydrogen-bond acceptors (Lipinski definition) is 4. The molecule has 0 atom stereocenters. The van der Waals surface area contributed by atoms with Crippen LogP contribution >= 0.6 is 24.0 Å². The fraction of sp³-hybridized carbons (Fsp3) is 0.643. The highest BCUT2D eigenvalue weighted by molar-refractivity contribution is 14.0. The molecule has 1 amide bonds. The van der Waals surface area contributed by atoms with Crippen LogP contribution in [0.1, 0.15) is 12.6 Å². The van der Waals surface area contributed by atoms with Crippen LogP contribution in [0, 0.1) is 0 Å². The molecule has 23 heavy (non-hydrogen) atoms. The van der Waals surface area contributed by atoms with Crippen molar-refractivity contribution in [2.45, 2.75) is 13.5 Å². The van der Waals surface area contributed by atoms with Gasteiger partial charge in [0.2, 0.25) is 0 Å². The predicted molar refractivity (Wildman–Crippen MR) is 99.0 cm³/mol. The van der Waals surface area contributed by atoms with Gasteiger partial charge in [0.25, 0.3) is 0 Å². The average Bonchev–Trinajstić information content (AvgIpc) is 2.94. The van der Waals surface area contributed by atoms with E-state index in [1.807, 2.05) is 24.7 Å². The number of halogens is 1. The van der Waals surface area contributed by atoms with Crippen molar-refractivity contribution in [3.8, 4) is 0 Å². The fourth-order valence-electron chi connectivity index (χ4n) is 2.39. The number of hydrogen-bond donors (Lipinski definition) is 1. The van der Waals surface area contributed by atoms with Crippen LogP contribution < -0.4 is 5.32 Å². The normalized spacial score (nSPS) is 15.2. The molecule has 1 N–H and O–H groups in total. The lowest BCUT2D eigenvalue weighted by molar-refractivity contribution is 0.0914. The summed E-state index contributed by atoms with van der Waals surface area (Å²) in [5.74, 6) is 0.838. The Bertz CT molecular complexity index is 525. The second kappa shape index (κ2) is 9.58. The summed E-state index contributed by atoms with van der Waals surface area (Å²) in [5, 5.41) is 7.48. The molecular formula is C14H25IN6O2. The number of aliphatic imine (C=N–C) groups is 1. The van der Waals surface area contributed by atoms with Gasteiger partial charge in [0.05, 0.1) is 18.8 Å². The molecule has 9 heteroatoms. The number of guanidine groups is 1. The Labute approximate surface area is 153 Å². The summed E-state index contributed by atoms with van der Waals surface area (Å²) >= 11 is 0. The van der Waals surface area contributed by atoms with Gasteiger partial charge in [-0.15, -0.1) is 24.0 Å². The SMILES string of the molecule is CCOC(=O)N1CCN(C(=NC)NCc2ccnn2C)CC1.I. The Balaban J connectivity index is 0.00000264. The van der Waals surface area contributed by atoms with Crippen molar-refractivity contribution in [2.75, 3.05) is 39.8 Å². The summed E-state index contributed by atoms with van der Waals surface area (Å²) in [6.07, 6.45) is 1.54. The molecule has 2 rings (SSSR count). The molecular weight excluding hydrogens is 411 g/mol. The van der Waals surface area contributed by atoms with Crippen LogP contribution in [0.3, 0.4) is 0 Å². The molecule has 2 heterocycles. The third kappa shape index (κ3) is 5.26. The largest absolute Gasteiger partial charge is 0.450 e. The molecule has 1 aromatic heterocycles. The topological polar surface area (TPSA) is 75.0 Å². The maximum Gasteiger partial charge on any atom is 0.409 e. The van der Waals surface area contributed by atoms with Crippen molar-refractivity contribution < 1.29 is 9.53 Å². The van der Waals surface area contributed by atoms with Gasteiger partial charge in [-0.05, 0) is 13.0 Å². The summed E-state index contributed by atoms with van der Waals surface area (Å²) < 4.78 is 6.86. The van der Waals surface area contributed by atoms with Crippen molar-refractivity contribution in [3.63, 3.8) is 0 Å². The standard InChI is InChI=1S/C14H24N6O2.HI/c1-4-22-14(21)20-9-7-19(8-10-20)13(15-2)16-11-12-5-6-17-18(12)3;/h5-6H,4,7-11H2,1-3H3,(H,15,16);1H. The molecule has 1 fully saturated rings. The minimum absolute atomic E-state index is 0. The highest BCUT2D eigenvalue weighted by atomic mass is 127. The number of amides is 1. The molecule has 8 nitrogen and oxygen atoms in total. The minimum atomic E-state index is -0.236. The summed E-state index contributed by atoms with van der Waals surface area (Å²) in [6, 6.07) is 1.97. The molecule has 0 unspecified atom stereocenters. The van der Waals surface area contributed by atoms with Gasteiger partial charge in [-0.1, -0.05) is 0 Å². The van der Waals surface area contributed by atoms with Gasteiger partial charge in [-0.3, -0.25) is 9.67 Å². The highest BCUT2D eigenvalue weighted by Crippen LogP contribution is 2.05. The molecule has 130 valence electrons. The molecule has 1 aromatic rings. The van der Waals surface area contributed by atoms with Crippen LogP contribution in [-0.4, -0.2) is 71.5 Å². The van der Waals surface area contributed by atoms with Gasteiger partial charge in [-0.2, -0.15) is 5.10 Å². The van der Waals surface area contributed by atoms with Crippen LogP contribution in [0.15, 0.2) is 17.3 Å². The lowest BCUT2D eigenvalue weighted by Gasteiger charge is -2.35. The zero-order valence-electron chi connectivity index (χ0n) is 13.9. The first kappa shape index (κ1) is 19.5. The maximum absolute atomic E-state index is 11.7. The van der Waals surface area contributed by atoms with Crippen molar-refractivity contribution >= 4 is 36.0 Å². The number of piperazine rings is 1. The average molecular weight is 436 g/mol. The third-order valence-electron chi connectivity index (χ3n) is 3.67. The quantitative estimate of drug-likeness (QED) is 0.433. The molecule has 1 aliphatic rings. The van der Waals surface area contributed by atoms with Gasteiger partial charge in [0, 0.05) is 46.5 Å². The molecule has 1 saturated heterocycles. The Morgan fingerprint density at radius 2 is 2.00 bits per heavy atom. The Morgan fingerprint density at radius 1 is 1.35 bits per heavy atom. The van der Waals surface area contributed by atoms with E-state index in [-0.39, 0.29) is 30.1 Å². The smallest absolute Gasteiger partial charge is 0.409 e. The molecule has 1 aliphatic heterocycles. The monoisotopic (exact) mass is 436 g/mol. The molecule has 0 bridgehead atoms. The zero-order chi connectivity index (χ0) is 15.9. The van der Waals surface area contributed by atoms with E-state index in [2.05, 4.69) is 20.3 Å². The summed E-state index contributed by atoms with van der Waals surface area (Å²) in [5.41, 5.74) is 1.09. The number of carbonyl (C=O) groups is 1. The zero-order valence-corrected chi connectivity index (χ0v) is 16.2. The van der Waals surface area contributed by atoms with E-state index >= 15 is 0 Å². The highest BCUT2D eigenvalue weighted by Gasteiger charge is 2.23. The Morgan fingerprint density at radius 3 is 2.52 bits per heavy atom. The van der Waals surface area contributed by atoms with Crippen molar-refractivity contribution in [1.29, 1.82) is 0 Å². The van der Waals surface area contributed by atoms with E-state index in [0.717, 1.165) is 24.7 Å².